The third kappa shape index (κ3) is 4.65. The van der Waals surface area contributed by atoms with Crippen molar-refractivity contribution in [2.45, 2.75) is 58.5 Å². The molecule has 11 aromatic rings. The summed E-state index contributed by atoms with van der Waals surface area (Å²) in [6.07, 6.45) is 0. The van der Waals surface area contributed by atoms with E-state index in [9.17, 15) is 0 Å². The van der Waals surface area contributed by atoms with Gasteiger partial charge < -0.3 is 9.13 Å². The summed E-state index contributed by atoms with van der Waals surface area (Å²) in [6.45, 7) is 19.7. The largest absolute Gasteiger partial charge is 0.310 e. The molecule has 0 radical (unpaired) electrons. The Hall–Kier alpha value is -6.92. The second-order valence-electron chi connectivity index (χ2n) is 22.6. The normalized spacial score (nSPS) is 14.6. The van der Waals surface area contributed by atoms with Gasteiger partial charge in [0.2, 0.25) is 0 Å². The van der Waals surface area contributed by atoms with Crippen LogP contribution in [0.3, 0.4) is 0 Å². The van der Waals surface area contributed by atoms with Crippen molar-refractivity contribution in [3.63, 3.8) is 0 Å². The van der Waals surface area contributed by atoms with Gasteiger partial charge in [-0.25, -0.2) is 0 Å². The zero-order valence-electron chi connectivity index (χ0n) is 40.1. The summed E-state index contributed by atoms with van der Waals surface area (Å²) in [5.74, 6) is 0. The Kier molecular flexibility index (Phi) is 7.35. The van der Waals surface area contributed by atoms with E-state index in [1.807, 2.05) is 0 Å². The van der Waals surface area contributed by atoms with Gasteiger partial charge >= 0.3 is 0 Å². The summed E-state index contributed by atoms with van der Waals surface area (Å²) in [4.78, 5) is 0. The molecule has 0 atom stereocenters. The van der Waals surface area contributed by atoms with Gasteiger partial charge in [-0.1, -0.05) is 212 Å². The number of fused-ring (bicyclic) bond motifs is 13. The predicted molar refractivity (Wildman–Crippen MR) is 297 cm³/mol. The van der Waals surface area contributed by atoms with Crippen molar-refractivity contribution in [1.82, 2.24) is 9.13 Å². The number of benzene rings is 9. The second-order valence-corrected chi connectivity index (χ2v) is 32.7. The van der Waals surface area contributed by atoms with Gasteiger partial charge in [-0.2, -0.15) is 0 Å². The van der Waals surface area contributed by atoms with Crippen LogP contribution in [0, 0.1) is 13.8 Å². The van der Waals surface area contributed by atoms with Crippen molar-refractivity contribution in [1.29, 1.82) is 0 Å². The molecule has 2 nitrogen and oxygen atoms in total. The fourth-order valence-corrected chi connectivity index (χ4v) is 15.9. The maximum Gasteiger partial charge on any atom is 0.253 e. The van der Waals surface area contributed by atoms with E-state index >= 15 is 0 Å². The van der Waals surface area contributed by atoms with Crippen LogP contribution in [0.4, 0.5) is 0 Å². The standard InChI is InChI=1S/C63H51BN2Si2/c1-36-21-25-38(26-22-36)55-48-31-40-15-9-10-16-43(40)56-61(48)65(58(55)39-27-23-37(2)24-28-39)54-30-29-51-62-57(54)64(56)53-35-42(68(6,7)8)33-47-46-32-41(67(3,4)5)34-52(59(46)66(62)60(47)53)63(51)49-19-13-11-17-44(49)45-18-12-14-20-50(45)63/h9-35H,1-8H3. The molecule has 9 aromatic carbocycles. The monoisotopic (exact) mass is 902 g/mol. The molecule has 5 heterocycles. The Balaban J connectivity index is 1.23. The maximum atomic E-state index is 2.81. The molecule has 0 bridgehead atoms. The van der Waals surface area contributed by atoms with Crippen LogP contribution in [0.2, 0.25) is 39.3 Å². The maximum absolute atomic E-state index is 2.81. The Morgan fingerprint density at radius 2 is 1.03 bits per heavy atom. The molecule has 1 aliphatic carbocycles. The van der Waals surface area contributed by atoms with E-state index < -0.39 is 21.6 Å². The van der Waals surface area contributed by atoms with E-state index in [1.54, 1.807) is 0 Å². The van der Waals surface area contributed by atoms with Gasteiger partial charge in [0, 0.05) is 38.6 Å². The van der Waals surface area contributed by atoms with Gasteiger partial charge in [0.15, 0.2) is 0 Å². The first-order chi connectivity index (χ1) is 32.8. The highest BCUT2D eigenvalue weighted by atomic mass is 28.3. The molecule has 1 spiro atoms. The lowest BCUT2D eigenvalue weighted by molar-refractivity contribution is 0.750. The van der Waals surface area contributed by atoms with Crippen LogP contribution in [0.25, 0.3) is 88.4 Å². The van der Waals surface area contributed by atoms with Gasteiger partial charge in [0.1, 0.15) is 0 Å². The van der Waals surface area contributed by atoms with E-state index in [-0.39, 0.29) is 6.71 Å². The summed E-state index contributed by atoms with van der Waals surface area (Å²) < 4.78 is 5.53. The number of nitrogens with zero attached hydrogens (tertiary/aromatic N) is 2. The van der Waals surface area contributed by atoms with Crippen LogP contribution >= 0.6 is 0 Å². The first kappa shape index (κ1) is 39.1. The third-order valence-corrected chi connectivity index (χ3v) is 20.7. The zero-order valence-corrected chi connectivity index (χ0v) is 42.1. The van der Waals surface area contributed by atoms with Crippen molar-refractivity contribution >= 4 is 93.1 Å². The van der Waals surface area contributed by atoms with Crippen LogP contribution in [-0.2, 0) is 5.41 Å². The van der Waals surface area contributed by atoms with Crippen molar-refractivity contribution in [2.75, 3.05) is 0 Å². The number of rotatable bonds is 4. The quantitative estimate of drug-likeness (QED) is 0.156. The molecule has 0 saturated carbocycles. The van der Waals surface area contributed by atoms with Gasteiger partial charge in [0.05, 0.1) is 38.3 Å². The highest BCUT2D eigenvalue weighted by Crippen LogP contribution is 2.61. The van der Waals surface area contributed by atoms with Crippen molar-refractivity contribution in [2.24, 2.45) is 0 Å². The molecule has 324 valence electrons. The fourth-order valence-electron chi connectivity index (χ4n) is 13.6. The summed E-state index contributed by atoms with van der Waals surface area (Å²) >= 11 is 0. The first-order valence-corrected chi connectivity index (χ1v) is 31.6. The molecule has 0 saturated heterocycles. The molecular weight excluding hydrogens is 852 g/mol. The molecule has 2 aromatic heterocycles. The average Bonchev–Trinajstić information content (AvgIpc) is 3.96. The summed E-state index contributed by atoms with van der Waals surface area (Å²) in [7, 11) is -3.70. The Bertz CT molecular complexity index is 4070. The number of aromatic nitrogens is 2. The lowest BCUT2D eigenvalue weighted by Crippen LogP contribution is -2.61. The third-order valence-electron chi connectivity index (χ3n) is 16.7. The molecule has 0 N–H and O–H groups in total. The molecule has 68 heavy (non-hydrogen) atoms. The molecule has 5 heteroatoms. The average molecular weight is 903 g/mol. The summed E-state index contributed by atoms with van der Waals surface area (Å²) in [5, 5.41) is 9.87. The number of aryl methyl sites for hydroxylation is 2. The minimum atomic E-state index is -1.86. The Labute approximate surface area is 400 Å². The lowest BCUT2D eigenvalue weighted by atomic mass is 9.33. The SMILES string of the molecule is Cc1ccc(-c2c(-c3ccc(C)cc3)n3c4c(c5ccccc5cc24)B2c4c-3ccc3c4-n4c5c2cc([Si](C)(C)C)cc5c2cc([Si](C)(C)C)cc(c24)C32c3ccccc3-c3ccccc32)cc1. The van der Waals surface area contributed by atoms with Gasteiger partial charge in [-0.05, 0) is 97.6 Å². The van der Waals surface area contributed by atoms with Crippen molar-refractivity contribution in [3.8, 4) is 44.9 Å². The van der Waals surface area contributed by atoms with E-state index in [2.05, 4.69) is 226 Å². The molecule has 4 aliphatic rings. The highest BCUT2D eigenvalue weighted by molar-refractivity contribution is 7.02. The van der Waals surface area contributed by atoms with E-state index in [4.69, 9.17) is 0 Å². The van der Waals surface area contributed by atoms with Gasteiger partial charge in [-0.15, -0.1) is 0 Å². The summed E-state index contributed by atoms with van der Waals surface area (Å²) in [5.41, 5.74) is 26.6. The Morgan fingerprint density at radius 1 is 0.441 bits per heavy atom. The summed E-state index contributed by atoms with van der Waals surface area (Å²) in [6, 6.07) is 65.0. The van der Waals surface area contributed by atoms with Crippen molar-refractivity contribution < 1.29 is 0 Å². The second kappa shape index (κ2) is 12.8. The van der Waals surface area contributed by atoms with Crippen LogP contribution < -0.4 is 26.8 Å². The van der Waals surface area contributed by atoms with Crippen LogP contribution in [0.1, 0.15) is 33.4 Å². The smallest absolute Gasteiger partial charge is 0.253 e. The van der Waals surface area contributed by atoms with Crippen LogP contribution in [0.15, 0.2) is 164 Å². The van der Waals surface area contributed by atoms with Gasteiger partial charge in [-0.3, -0.25) is 0 Å². The zero-order chi connectivity index (χ0) is 45.9. The predicted octanol–water partition coefficient (Wildman–Crippen LogP) is 12.7. The Morgan fingerprint density at radius 3 is 1.69 bits per heavy atom. The lowest BCUT2D eigenvalue weighted by Gasteiger charge is -2.44. The fraction of sp³-hybridized carbons (Fsp3) is 0.143. The molecule has 15 rings (SSSR count). The van der Waals surface area contributed by atoms with Crippen LogP contribution in [-0.4, -0.2) is 32.0 Å². The van der Waals surface area contributed by atoms with E-state index in [1.165, 1.54) is 149 Å². The highest BCUT2D eigenvalue weighted by Gasteiger charge is 2.55. The molecule has 0 amide bonds. The first-order valence-electron chi connectivity index (χ1n) is 24.6. The molecular formula is C63H51BN2Si2. The van der Waals surface area contributed by atoms with E-state index in [0.717, 1.165) is 0 Å². The minimum Gasteiger partial charge on any atom is -0.310 e. The minimum absolute atomic E-state index is 0.00486. The van der Waals surface area contributed by atoms with Gasteiger partial charge in [0.25, 0.3) is 6.71 Å². The van der Waals surface area contributed by atoms with Crippen LogP contribution in [0.5, 0.6) is 0 Å². The number of hydrogen-bond donors (Lipinski definition) is 0. The molecule has 0 fully saturated rings. The van der Waals surface area contributed by atoms with Crippen molar-refractivity contribution in [3.05, 3.63) is 197 Å². The number of hydrogen-bond acceptors (Lipinski definition) is 0. The topological polar surface area (TPSA) is 9.86 Å². The molecule has 3 aliphatic heterocycles. The molecule has 0 unspecified atom stereocenters. The van der Waals surface area contributed by atoms with E-state index in [0.29, 0.717) is 0 Å².